The maximum atomic E-state index is 13.8. The minimum absolute atomic E-state index is 0.00255. The quantitative estimate of drug-likeness (QED) is 0.0364. The maximum absolute atomic E-state index is 13.8. The van der Waals surface area contributed by atoms with Crippen LogP contribution in [-0.4, -0.2) is 186 Å². The molecule has 3 aliphatic rings. The molecule has 8 amide bonds. The van der Waals surface area contributed by atoms with Gasteiger partial charge in [-0.25, -0.2) is 0 Å². The number of aliphatic hydroxyl groups is 3. The first-order valence-corrected chi connectivity index (χ1v) is 40.7. The Morgan fingerprint density at radius 1 is 0.407 bits per heavy atom. The van der Waals surface area contributed by atoms with Crippen LogP contribution >= 0.6 is 0 Å². The van der Waals surface area contributed by atoms with Crippen molar-refractivity contribution in [1.82, 2.24) is 42.1 Å². The lowest BCUT2D eigenvalue weighted by molar-refractivity contribution is -0.166. The normalized spacial score (nSPS) is 27.3. The van der Waals surface area contributed by atoms with E-state index in [1.54, 1.807) is 85.0 Å². The van der Waals surface area contributed by atoms with Gasteiger partial charge >= 0.3 is 5.97 Å². The van der Waals surface area contributed by atoms with E-state index >= 15 is 0 Å². The number of cyclic esters (lactones) is 1. The summed E-state index contributed by atoms with van der Waals surface area (Å²) in [5, 5.41) is 83.9. The van der Waals surface area contributed by atoms with E-state index < -0.39 is 156 Å². The molecule has 0 saturated carbocycles. The Balaban J connectivity index is 0.000000244. The van der Waals surface area contributed by atoms with E-state index in [-0.39, 0.29) is 113 Å². The van der Waals surface area contributed by atoms with Crippen LogP contribution in [0, 0.1) is 53.3 Å². The molecule has 6 aromatic rings. The highest BCUT2D eigenvalue weighted by Crippen LogP contribution is 2.30. The third-order valence-corrected chi connectivity index (χ3v) is 23.1. The largest absolute Gasteiger partial charge is 0.507 e. The Kier molecular flexibility index (Phi) is 35.4. The second kappa shape index (κ2) is 44.4. The van der Waals surface area contributed by atoms with E-state index in [1.807, 2.05) is 126 Å². The number of para-hydroxylation sites is 3. The van der Waals surface area contributed by atoms with Gasteiger partial charge in [0.25, 0.3) is 17.7 Å². The lowest BCUT2D eigenvalue weighted by atomic mass is 9.84. The van der Waals surface area contributed by atoms with Crippen LogP contribution in [0.1, 0.15) is 169 Å². The molecule has 27 heteroatoms. The summed E-state index contributed by atoms with van der Waals surface area (Å²) in [6.45, 7) is 21.0. The zero-order valence-corrected chi connectivity index (χ0v) is 69.5. The molecule has 0 bridgehead atoms. The molecular weight excluding hydrogens is 1510 g/mol. The first-order chi connectivity index (χ1) is 56.0. The molecule has 27 nitrogen and oxygen atoms in total. The summed E-state index contributed by atoms with van der Waals surface area (Å²) >= 11 is 0. The van der Waals surface area contributed by atoms with E-state index in [2.05, 4.69) is 37.2 Å². The number of benzene rings is 6. The van der Waals surface area contributed by atoms with Crippen LogP contribution < -0.4 is 37.2 Å². The van der Waals surface area contributed by atoms with Gasteiger partial charge in [0.15, 0.2) is 23.5 Å². The van der Waals surface area contributed by atoms with E-state index in [1.165, 1.54) is 48.2 Å². The van der Waals surface area contributed by atoms with Crippen LogP contribution in [0.4, 0.5) is 0 Å². The third kappa shape index (κ3) is 25.2. The number of carbonyl (C=O) groups excluding carboxylic acids is 12. The fourth-order valence-electron chi connectivity index (χ4n) is 15.0. The predicted octanol–water partition coefficient (Wildman–Crippen LogP) is 7.83. The van der Waals surface area contributed by atoms with Gasteiger partial charge in [-0.3, -0.25) is 57.5 Å². The van der Waals surface area contributed by atoms with Crippen molar-refractivity contribution >= 4 is 70.6 Å². The highest BCUT2D eigenvalue weighted by Gasteiger charge is 2.45. The number of phenols is 3. The Morgan fingerprint density at radius 2 is 0.720 bits per heavy atom. The van der Waals surface area contributed by atoms with Crippen LogP contribution in [0.15, 0.2) is 164 Å². The average Bonchev–Trinajstić information content (AvgIpc) is 0.813. The molecule has 13 N–H and O–H groups in total. The number of rotatable bonds is 18. The summed E-state index contributed by atoms with van der Waals surface area (Å²) in [5.74, 6) is -12.4. The Morgan fingerprint density at radius 3 is 1.07 bits per heavy atom. The molecule has 118 heavy (non-hydrogen) atoms. The molecule has 0 aromatic heterocycles. The molecule has 9 rings (SSSR count). The minimum Gasteiger partial charge on any atom is -0.507 e. The number of phenolic OH excluding ortho intramolecular Hbond substituents is 3. The molecule has 0 radical (unpaired) electrons. The van der Waals surface area contributed by atoms with Gasteiger partial charge in [0, 0.05) is 32.2 Å². The van der Waals surface area contributed by atoms with Gasteiger partial charge in [-0.15, -0.1) is 0 Å². The van der Waals surface area contributed by atoms with Crippen molar-refractivity contribution in [3.05, 3.63) is 197 Å². The van der Waals surface area contributed by atoms with Gasteiger partial charge in [0.2, 0.25) is 29.5 Å². The second-order valence-electron chi connectivity index (χ2n) is 32.0. The minimum atomic E-state index is -1.33. The van der Waals surface area contributed by atoms with E-state index in [0.717, 1.165) is 16.7 Å². The van der Waals surface area contributed by atoms with Crippen LogP contribution in [0.5, 0.6) is 17.2 Å². The summed E-state index contributed by atoms with van der Waals surface area (Å²) in [7, 11) is 1.58. The highest BCUT2D eigenvalue weighted by atomic mass is 16.5. The zero-order valence-electron chi connectivity index (χ0n) is 69.5. The number of carbonyl (C=O) groups is 12. The van der Waals surface area contributed by atoms with E-state index in [4.69, 9.17) is 4.74 Å². The van der Waals surface area contributed by atoms with Gasteiger partial charge in [0.05, 0.1) is 83.0 Å². The van der Waals surface area contributed by atoms with Crippen molar-refractivity contribution < 1.29 is 92.9 Å². The smallest absolute Gasteiger partial charge is 0.312 e. The number of nitrogens with one attached hydrogen (secondary N) is 7. The lowest BCUT2D eigenvalue weighted by Gasteiger charge is -2.38. The average molecular weight is 1630 g/mol. The number of hydrogen-bond donors (Lipinski definition) is 13. The molecule has 6 aromatic carbocycles. The fraction of sp³-hybridized carbons (Fsp3) is 0.473. The topological polar surface area (TPSA) is 423 Å². The van der Waals surface area contributed by atoms with Gasteiger partial charge < -0.3 is 77.5 Å². The molecule has 636 valence electrons. The fourth-order valence-corrected chi connectivity index (χ4v) is 15.0. The number of amides is 8. The highest BCUT2D eigenvalue weighted by molar-refractivity contribution is 6.02. The number of aromatic hydroxyl groups is 3. The standard InChI is InChI=1S/C31H41N3O6.C30H39N3O6.C30H38N2O7/c1-6-18(2)27-25(36)16-19(3)26(33-29(38)22-14-10-11-15-24(22)35)30(39)32-23(17-21-12-8-7-9-13-21)28(37)20(4)31(40)34(27)5;1-5-17(2)25-24(35)15-18(3)26(33-29(38)21-13-9-10-14-23(21)34)30(39)31-22(16-20-11-7-6-8-12-20)27(36)19(4)28(37)32-25;1-5-17(2)27-24(34)15-18(3)25(32-28(36)21-13-9-10-14-23(21)33)29(37)31-22(16-20-11-7-6-8-12-20)26(35)19(4)30(38)39-27/h7-15,18-20,23,26-28,35,37H,6,16-17H2,1-5H3,(H,32,39)(H,33,38);6-14,17-19,22,25-27,34,36H,5,15-16H2,1-4H3,(H,31,39)(H,32,37)(H,33,38);6-14,17-19,22,25-27,33,35H,5,15-16H2,1-4H3,(H,31,37)(H,32,36)/t18?,19-,20+,23-,26-,27?,28-;17?,18-,19+,22-,25?,26-,27-;17?,18-,19+,22-,25-,26-,27?/m000/s1. The van der Waals surface area contributed by atoms with Crippen molar-refractivity contribution in [2.24, 2.45) is 53.3 Å². The molecule has 0 aliphatic carbocycles. The third-order valence-electron chi connectivity index (χ3n) is 23.1. The summed E-state index contributed by atoms with van der Waals surface area (Å²) in [5.41, 5.74) is 2.49. The Labute approximate surface area is 690 Å². The molecule has 3 aliphatic heterocycles. The Bertz CT molecular complexity index is 4240. The van der Waals surface area contributed by atoms with Crippen LogP contribution in [0.3, 0.4) is 0 Å². The number of esters is 1. The summed E-state index contributed by atoms with van der Waals surface area (Å²) in [4.78, 5) is 162. The van der Waals surface area contributed by atoms with Crippen molar-refractivity contribution in [1.29, 1.82) is 0 Å². The van der Waals surface area contributed by atoms with Gasteiger partial charge in [0.1, 0.15) is 35.4 Å². The summed E-state index contributed by atoms with van der Waals surface area (Å²) in [6.07, 6.45) is -2.65. The number of ether oxygens (including phenoxy) is 1. The van der Waals surface area contributed by atoms with Gasteiger partial charge in [-0.2, -0.15) is 0 Å². The van der Waals surface area contributed by atoms with Crippen LogP contribution in [0.25, 0.3) is 0 Å². The predicted molar refractivity (Wildman–Crippen MR) is 443 cm³/mol. The van der Waals surface area contributed by atoms with E-state index in [0.29, 0.717) is 19.3 Å². The van der Waals surface area contributed by atoms with Crippen molar-refractivity contribution in [3.63, 3.8) is 0 Å². The van der Waals surface area contributed by atoms with Crippen molar-refractivity contribution in [2.45, 2.75) is 214 Å². The number of aliphatic hydroxyl groups excluding tert-OH is 3. The van der Waals surface area contributed by atoms with Gasteiger partial charge in [-0.1, -0.05) is 216 Å². The molecule has 3 heterocycles. The first-order valence-electron chi connectivity index (χ1n) is 40.7. The molecule has 0 spiro atoms. The van der Waals surface area contributed by atoms with Crippen LogP contribution in [0.2, 0.25) is 0 Å². The number of likely N-dealkylation sites (N-methyl/N-ethyl adjacent to an activating group) is 1. The van der Waals surface area contributed by atoms with Crippen molar-refractivity contribution in [3.8, 4) is 17.2 Å². The number of Topliss-reactive ketones (excluding diaryl/α,β-unsaturated/α-hetero) is 3. The van der Waals surface area contributed by atoms with E-state index in [9.17, 15) is 88.2 Å². The summed E-state index contributed by atoms with van der Waals surface area (Å²) in [6, 6.07) is 38.1. The summed E-state index contributed by atoms with van der Waals surface area (Å²) < 4.78 is 5.66. The molecule has 6 unspecified atom stereocenters. The van der Waals surface area contributed by atoms with Gasteiger partial charge in [-0.05, 0) is 115 Å². The monoisotopic (exact) mass is 1630 g/mol. The molecule has 3 fully saturated rings. The second-order valence-corrected chi connectivity index (χ2v) is 32.0. The zero-order chi connectivity index (χ0) is 86.9. The molecule has 3 saturated heterocycles. The Hall–Kier alpha value is -11.2. The number of ketones is 3. The number of hydrogen-bond acceptors (Lipinski definition) is 19. The molecular formula is C91H118N8O19. The number of nitrogens with zero attached hydrogens (tertiary/aromatic N) is 1. The molecule has 21 atom stereocenters. The first kappa shape index (κ1) is 94.0. The maximum Gasteiger partial charge on any atom is 0.312 e. The van der Waals surface area contributed by atoms with Crippen molar-refractivity contribution in [2.75, 3.05) is 7.05 Å². The van der Waals surface area contributed by atoms with Crippen LogP contribution in [-0.2, 0) is 67.2 Å². The SMILES string of the molecule is CCC(C)C1C(=O)C[C@H](C)[C@H](NC(=O)c2ccccc2O)C(=O)N[C@@H](Cc2ccccc2)[C@@H](O)[C@@H](C)C(=O)N1C.CCC(C)C1NC(=O)[C@H](C)[C@H](O)[C@H](Cc2ccccc2)NC(=O)[C@@H](NC(=O)c2ccccc2O)[C@@H](C)CC1=O.CCC(C)C1OC(=O)[C@H](C)[C@H](O)[C@H](Cc2ccccc2)NC(=O)[C@@H](NC(=O)c2ccccc2O)[C@@H](C)CC1=O. The lowest BCUT2D eigenvalue weighted by Crippen LogP contribution is -2.59.